The maximum absolute atomic E-state index is 12.8. The van der Waals surface area contributed by atoms with Crippen LogP contribution in [0, 0.1) is 11.3 Å². The molecule has 1 aromatic heterocycles. The quantitative estimate of drug-likeness (QED) is 0.534. The van der Waals surface area contributed by atoms with Crippen LogP contribution < -0.4 is 4.72 Å². The fourth-order valence-corrected chi connectivity index (χ4v) is 5.22. The minimum absolute atomic E-state index is 0.168. The van der Waals surface area contributed by atoms with E-state index in [1.54, 1.807) is 18.2 Å². The lowest BCUT2D eigenvalue weighted by atomic mass is 9.71. The maximum Gasteiger partial charge on any atom is 0.339 e. The highest BCUT2D eigenvalue weighted by atomic mass is 32.2. The number of nitrogens with one attached hydrogen (secondary N) is 1. The molecule has 0 radical (unpaired) electrons. The Morgan fingerprint density at radius 2 is 1.90 bits per heavy atom. The molecule has 1 heterocycles. The van der Waals surface area contributed by atoms with Crippen molar-refractivity contribution >= 4 is 32.6 Å². The molecular weight excluding hydrogens is 418 g/mol. The molecule has 3 N–H and O–H groups in total. The van der Waals surface area contributed by atoms with E-state index in [-0.39, 0.29) is 10.3 Å². The summed E-state index contributed by atoms with van der Waals surface area (Å²) in [4.78, 5) is 11.0. The zero-order valence-electron chi connectivity index (χ0n) is 17.6. The summed E-state index contributed by atoms with van der Waals surface area (Å²) < 4.78 is 34.2. The second kappa shape index (κ2) is 7.30. The van der Waals surface area contributed by atoms with Crippen LogP contribution in [0.3, 0.4) is 0 Å². The molecular formula is C23H25NO6S. The van der Waals surface area contributed by atoms with Crippen molar-refractivity contribution < 1.29 is 27.8 Å². The highest BCUT2D eigenvalue weighted by molar-refractivity contribution is 7.92. The van der Waals surface area contributed by atoms with Crippen molar-refractivity contribution in [3.05, 3.63) is 53.3 Å². The van der Waals surface area contributed by atoms with Crippen molar-refractivity contribution in [3.8, 4) is 5.75 Å². The van der Waals surface area contributed by atoms with Gasteiger partial charge in [-0.1, -0.05) is 20.8 Å². The van der Waals surface area contributed by atoms with E-state index in [0.717, 1.165) is 59.8 Å². The molecule has 31 heavy (non-hydrogen) atoms. The summed E-state index contributed by atoms with van der Waals surface area (Å²) in [5.41, 5.74) is 1.90. The van der Waals surface area contributed by atoms with Gasteiger partial charge in [0, 0.05) is 23.1 Å². The maximum atomic E-state index is 12.8. The van der Waals surface area contributed by atoms with Crippen molar-refractivity contribution in [1.82, 2.24) is 0 Å². The molecule has 0 amide bonds. The summed E-state index contributed by atoms with van der Waals surface area (Å²) in [7, 11) is -4.05. The molecule has 8 heteroatoms. The first-order valence-corrected chi connectivity index (χ1v) is 11.6. The highest BCUT2D eigenvalue weighted by Crippen LogP contribution is 2.41. The molecule has 0 saturated heterocycles. The molecule has 0 saturated carbocycles. The molecule has 0 fully saturated rings. The molecule has 3 aromatic rings. The van der Waals surface area contributed by atoms with Gasteiger partial charge in [0.05, 0.1) is 4.90 Å². The van der Waals surface area contributed by atoms with E-state index < -0.39 is 27.3 Å². The number of rotatable bonds is 4. The van der Waals surface area contributed by atoms with Gasteiger partial charge < -0.3 is 14.6 Å². The molecule has 0 aliphatic heterocycles. The fraction of sp³-hybridized carbons (Fsp3) is 0.348. The van der Waals surface area contributed by atoms with E-state index in [4.69, 9.17) is 9.52 Å². The lowest BCUT2D eigenvalue weighted by Crippen LogP contribution is -2.26. The molecule has 1 aliphatic carbocycles. The predicted octanol–water partition coefficient (Wildman–Crippen LogP) is 4.79. The number of phenols is 1. The van der Waals surface area contributed by atoms with Gasteiger partial charge in [-0.25, -0.2) is 13.2 Å². The number of benzene rings is 2. The van der Waals surface area contributed by atoms with Crippen LogP contribution in [0.4, 0.5) is 5.69 Å². The first-order valence-electron chi connectivity index (χ1n) is 10.1. The van der Waals surface area contributed by atoms with E-state index >= 15 is 0 Å². The number of furan rings is 1. The van der Waals surface area contributed by atoms with Gasteiger partial charge in [-0.2, -0.15) is 0 Å². The number of aromatic carboxylic acids is 1. The van der Waals surface area contributed by atoms with Crippen LogP contribution in [0.5, 0.6) is 5.75 Å². The minimum Gasteiger partial charge on any atom is -0.507 e. The number of carbonyl (C=O) groups is 1. The smallest absolute Gasteiger partial charge is 0.339 e. The molecule has 1 atom stereocenters. The van der Waals surface area contributed by atoms with Gasteiger partial charge in [0.2, 0.25) is 0 Å². The second-order valence-corrected chi connectivity index (χ2v) is 10.8. The molecule has 0 bridgehead atoms. The van der Waals surface area contributed by atoms with Crippen molar-refractivity contribution in [3.63, 3.8) is 0 Å². The molecule has 7 nitrogen and oxygen atoms in total. The predicted molar refractivity (Wildman–Crippen MR) is 117 cm³/mol. The first kappa shape index (κ1) is 21.2. The number of hydrogen-bond donors (Lipinski definition) is 3. The molecule has 1 aliphatic rings. The third-order valence-corrected chi connectivity index (χ3v) is 7.41. The first-order chi connectivity index (χ1) is 14.5. The van der Waals surface area contributed by atoms with Crippen LogP contribution in [-0.4, -0.2) is 24.6 Å². The normalized spacial score (nSPS) is 16.8. The Bertz CT molecular complexity index is 1280. The summed E-state index contributed by atoms with van der Waals surface area (Å²) in [5, 5.41) is 19.7. The van der Waals surface area contributed by atoms with Crippen molar-refractivity contribution in [2.24, 2.45) is 11.3 Å². The Hall–Kier alpha value is -3.00. The van der Waals surface area contributed by atoms with Crippen LogP contribution >= 0.6 is 0 Å². The summed E-state index contributed by atoms with van der Waals surface area (Å²) in [5.74, 6) is -0.437. The number of sulfonamides is 1. The topological polar surface area (TPSA) is 117 Å². The largest absolute Gasteiger partial charge is 0.507 e. The monoisotopic (exact) mass is 443 g/mol. The van der Waals surface area contributed by atoms with Crippen LogP contribution in [0.25, 0.3) is 11.0 Å². The standard InChI is InChI=1S/C23H25NO6S/c1-23(2,3)13-4-8-20-16(10-13)17-11-14(5-9-21(17)30-20)24-31(28,29)15-6-7-19(25)18(12-15)22(26)27/h5-7,9,11-13,24-25H,4,8,10H2,1-3H3,(H,26,27). The van der Waals surface area contributed by atoms with Gasteiger partial charge in [0.1, 0.15) is 22.7 Å². The van der Waals surface area contributed by atoms with Gasteiger partial charge in [-0.15, -0.1) is 0 Å². The summed E-state index contributed by atoms with van der Waals surface area (Å²) in [6, 6.07) is 8.28. The number of aryl methyl sites for hydroxylation is 1. The average molecular weight is 444 g/mol. The Morgan fingerprint density at radius 1 is 1.16 bits per heavy atom. The van der Waals surface area contributed by atoms with Gasteiger partial charge in [0.15, 0.2) is 0 Å². The van der Waals surface area contributed by atoms with Crippen LogP contribution in [0.1, 0.15) is 48.9 Å². The Kier molecular flexibility index (Phi) is 5.00. The van der Waals surface area contributed by atoms with Gasteiger partial charge in [0.25, 0.3) is 10.0 Å². The van der Waals surface area contributed by atoms with Gasteiger partial charge in [-0.3, -0.25) is 4.72 Å². The molecule has 2 aromatic carbocycles. The van der Waals surface area contributed by atoms with Crippen LogP contribution in [0.15, 0.2) is 45.7 Å². The molecule has 164 valence electrons. The number of carboxylic acid groups (broad SMARTS) is 1. The summed E-state index contributed by atoms with van der Waals surface area (Å²) >= 11 is 0. The average Bonchev–Trinajstić information content (AvgIpc) is 3.04. The number of fused-ring (bicyclic) bond motifs is 3. The van der Waals surface area contributed by atoms with Crippen molar-refractivity contribution in [2.75, 3.05) is 4.72 Å². The molecule has 4 rings (SSSR count). The Labute approximate surface area is 180 Å². The number of anilines is 1. The number of hydrogen-bond acceptors (Lipinski definition) is 5. The number of carboxylic acids is 1. The Morgan fingerprint density at radius 3 is 2.58 bits per heavy atom. The highest BCUT2D eigenvalue weighted by Gasteiger charge is 2.31. The Balaban J connectivity index is 1.68. The number of aromatic hydroxyl groups is 1. The molecule has 1 unspecified atom stereocenters. The minimum atomic E-state index is -4.05. The summed E-state index contributed by atoms with van der Waals surface area (Å²) in [6.07, 6.45) is 2.79. The van der Waals surface area contributed by atoms with Crippen molar-refractivity contribution in [1.29, 1.82) is 0 Å². The second-order valence-electron chi connectivity index (χ2n) is 9.11. The van der Waals surface area contributed by atoms with E-state index in [2.05, 4.69) is 25.5 Å². The van der Waals surface area contributed by atoms with Gasteiger partial charge >= 0.3 is 5.97 Å². The van der Waals surface area contributed by atoms with E-state index in [1.165, 1.54) is 0 Å². The zero-order chi connectivity index (χ0) is 22.6. The molecule has 0 spiro atoms. The third-order valence-electron chi connectivity index (χ3n) is 6.03. The fourth-order valence-electron chi connectivity index (χ4n) is 4.15. The summed E-state index contributed by atoms with van der Waals surface area (Å²) in [6.45, 7) is 6.69. The SMILES string of the molecule is CC(C)(C)C1CCc2oc3ccc(NS(=O)(=O)c4ccc(O)c(C(=O)O)c4)cc3c2C1. The van der Waals surface area contributed by atoms with Crippen LogP contribution in [0.2, 0.25) is 0 Å². The van der Waals surface area contributed by atoms with E-state index in [0.29, 0.717) is 11.6 Å². The van der Waals surface area contributed by atoms with Crippen LogP contribution in [-0.2, 0) is 22.9 Å². The van der Waals surface area contributed by atoms with E-state index in [9.17, 15) is 18.3 Å². The van der Waals surface area contributed by atoms with E-state index in [1.807, 2.05) is 0 Å². The zero-order valence-corrected chi connectivity index (χ0v) is 18.4. The lowest BCUT2D eigenvalue weighted by molar-refractivity contribution is 0.0693. The van der Waals surface area contributed by atoms with Crippen molar-refractivity contribution in [2.45, 2.75) is 44.9 Å². The van der Waals surface area contributed by atoms with Gasteiger partial charge in [-0.05, 0) is 60.6 Å². The lowest BCUT2D eigenvalue weighted by Gasteiger charge is -2.33. The third kappa shape index (κ3) is 3.99.